The molecule has 1 saturated carbocycles. The van der Waals surface area contributed by atoms with Crippen LogP contribution in [0.25, 0.3) is 0 Å². The molecule has 1 N–H and O–H groups in total. The Morgan fingerprint density at radius 2 is 2.19 bits per heavy atom. The van der Waals surface area contributed by atoms with E-state index < -0.39 is 0 Å². The summed E-state index contributed by atoms with van der Waals surface area (Å²) in [5.41, 5.74) is 2.49. The molecule has 2 heterocycles. The maximum atomic E-state index is 12.9. The predicted octanol–water partition coefficient (Wildman–Crippen LogP) is 4.08. The van der Waals surface area contributed by atoms with Gasteiger partial charge in [0.05, 0.1) is 11.4 Å². The Bertz CT molecular complexity index is 577. The summed E-state index contributed by atoms with van der Waals surface area (Å²) in [6.07, 6.45) is 3.66. The molecule has 3 nitrogen and oxygen atoms in total. The Morgan fingerprint density at radius 3 is 2.81 bits per heavy atom. The van der Waals surface area contributed by atoms with E-state index in [1.807, 2.05) is 6.07 Å². The molecule has 0 bridgehead atoms. The van der Waals surface area contributed by atoms with Gasteiger partial charge in [-0.25, -0.2) is 0 Å². The van der Waals surface area contributed by atoms with Crippen molar-refractivity contribution in [3.05, 3.63) is 39.6 Å². The molecule has 6 heteroatoms. The van der Waals surface area contributed by atoms with Gasteiger partial charge >= 0.3 is 0 Å². The average Bonchev–Trinajstić information content (AvgIpc) is 3.09. The Labute approximate surface area is 135 Å². The quantitative estimate of drug-likeness (QED) is 0.829. The first-order chi connectivity index (χ1) is 9.76. The Kier molecular flexibility index (Phi) is 5.79. The van der Waals surface area contributed by atoms with Crippen LogP contribution in [-0.2, 0) is 19.6 Å². The van der Waals surface area contributed by atoms with Gasteiger partial charge in [0.1, 0.15) is 0 Å². The minimum atomic E-state index is -0.117. The van der Waals surface area contributed by atoms with Crippen LogP contribution in [0.4, 0.5) is 4.39 Å². The van der Waals surface area contributed by atoms with Crippen molar-refractivity contribution in [3.8, 4) is 0 Å². The molecule has 0 aliphatic heterocycles. The number of rotatable bonds is 7. The number of aryl methyl sites for hydroxylation is 1. The Hall–Kier alpha value is -0.910. The zero-order valence-corrected chi connectivity index (χ0v) is 13.8. The maximum Gasteiger partial charge on any atom is 0.176 e. The highest BCUT2D eigenvalue weighted by atomic mass is 35.5. The Morgan fingerprint density at radius 1 is 1.38 bits per heavy atom. The smallest absolute Gasteiger partial charge is 0.176 e. The number of halogens is 2. The third-order valence-electron chi connectivity index (χ3n) is 3.55. The third-order valence-corrected chi connectivity index (χ3v) is 4.42. The van der Waals surface area contributed by atoms with Gasteiger partial charge in [-0.05, 0) is 37.5 Å². The lowest BCUT2D eigenvalue weighted by Crippen LogP contribution is -2.16. The fourth-order valence-corrected chi connectivity index (χ4v) is 3.06. The maximum absolute atomic E-state index is 12.9. The second-order valence-corrected chi connectivity index (χ2v) is 6.49. The minimum absolute atomic E-state index is 0. The van der Waals surface area contributed by atoms with Crippen molar-refractivity contribution in [2.45, 2.75) is 51.7 Å². The number of aromatic nitrogens is 2. The van der Waals surface area contributed by atoms with Crippen molar-refractivity contribution in [1.82, 2.24) is 15.1 Å². The second-order valence-electron chi connectivity index (χ2n) is 5.37. The SMILES string of the molecule is CCCn1nc(C2CC2)cc1CNCc1ccc(F)s1.Cl. The van der Waals surface area contributed by atoms with Crippen molar-refractivity contribution < 1.29 is 4.39 Å². The molecule has 0 saturated heterocycles. The van der Waals surface area contributed by atoms with E-state index in [1.54, 1.807) is 0 Å². The van der Waals surface area contributed by atoms with Gasteiger partial charge < -0.3 is 5.32 Å². The van der Waals surface area contributed by atoms with Gasteiger partial charge in [-0.15, -0.1) is 23.7 Å². The molecule has 2 aromatic heterocycles. The molecule has 2 aromatic rings. The van der Waals surface area contributed by atoms with Crippen molar-refractivity contribution in [1.29, 1.82) is 0 Å². The summed E-state index contributed by atoms with van der Waals surface area (Å²) in [5, 5.41) is 7.98. The Balaban J connectivity index is 0.00000161. The fourth-order valence-electron chi connectivity index (χ4n) is 2.36. The molecule has 0 atom stereocenters. The summed E-state index contributed by atoms with van der Waals surface area (Å²) in [5.74, 6) is 0.693. The van der Waals surface area contributed by atoms with E-state index in [-0.39, 0.29) is 17.5 Å². The number of hydrogen-bond acceptors (Lipinski definition) is 3. The summed E-state index contributed by atoms with van der Waals surface area (Å²) >= 11 is 1.21. The van der Waals surface area contributed by atoms with E-state index in [0.29, 0.717) is 12.5 Å². The lowest BCUT2D eigenvalue weighted by atomic mass is 10.2. The van der Waals surface area contributed by atoms with Crippen LogP contribution in [0.15, 0.2) is 18.2 Å². The number of nitrogens with one attached hydrogen (secondary N) is 1. The van der Waals surface area contributed by atoms with Crippen LogP contribution in [0.2, 0.25) is 0 Å². The highest BCUT2D eigenvalue weighted by Gasteiger charge is 2.27. The monoisotopic (exact) mass is 329 g/mol. The normalized spacial score (nSPS) is 14.2. The van der Waals surface area contributed by atoms with Gasteiger partial charge in [0.15, 0.2) is 5.13 Å². The highest BCUT2D eigenvalue weighted by molar-refractivity contribution is 7.10. The molecule has 0 spiro atoms. The number of hydrogen-bond donors (Lipinski definition) is 1. The topological polar surface area (TPSA) is 29.9 Å². The van der Waals surface area contributed by atoms with Gasteiger partial charge in [-0.3, -0.25) is 4.68 Å². The summed E-state index contributed by atoms with van der Waals surface area (Å²) < 4.78 is 15.0. The predicted molar refractivity (Wildman–Crippen MR) is 86.6 cm³/mol. The van der Waals surface area contributed by atoms with Crippen LogP contribution in [0, 0.1) is 5.13 Å². The molecule has 0 radical (unpaired) electrons. The van der Waals surface area contributed by atoms with Gasteiger partial charge in [-0.2, -0.15) is 9.49 Å². The van der Waals surface area contributed by atoms with E-state index in [2.05, 4.69) is 23.0 Å². The first-order valence-electron chi connectivity index (χ1n) is 7.28. The van der Waals surface area contributed by atoms with Gasteiger partial charge in [-0.1, -0.05) is 6.92 Å². The summed E-state index contributed by atoms with van der Waals surface area (Å²) in [6.45, 7) is 4.64. The molecule has 116 valence electrons. The lowest BCUT2D eigenvalue weighted by molar-refractivity contribution is 0.546. The number of nitrogens with zero attached hydrogens (tertiary/aromatic N) is 2. The standard InChI is InChI=1S/C15H20FN3S.ClH/c1-2-7-19-12(8-14(18-19)11-3-4-11)9-17-10-13-5-6-15(16)20-13;/h5-6,8,11,17H,2-4,7,9-10H2,1H3;1H. The summed E-state index contributed by atoms with van der Waals surface area (Å²) in [7, 11) is 0. The fraction of sp³-hybridized carbons (Fsp3) is 0.533. The van der Waals surface area contributed by atoms with Crippen molar-refractivity contribution in [2.75, 3.05) is 0 Å². The molecule has 3 rings (SSSR count). The van der Waals surface area contributed by atoms with Gasteiger partial charge in [0.25, 0.3) is 0 Å². The summed E-state index contributed by atoms with van der Waals surface area (Å²) in [6, 6.07) is 5.59. The van der Waals surface area contributed by atoms with Crippen LogP contribution in [0.1, 0.15) is 48.4 Å². The molecular weight excluding hydrogens is 309 g/mol. The van der Waals surface area contributed by atoms with Crippen LogP contribution < -0.4 is 5.32 Å². The molecule has 0 unspecified atom stereocenters. The minimum Gasteiger partial charge on any atom is -0.306 e. The van der Waals surface area contributed by atoms with E-state index in [9.17, 15) is 4.39 Å². The molecule has 1 fully saturated rings. The van der Waals surface area contributed by atoms with Crippen molar-refractivity contribution in [2.24, 2.45) is 0 Å². The van der Waals surface area contributed by atoms with E-state index in [4.69, 9.17) is 5.10 Å². The zero-order valence-electron chi connectivity index (χ0n) is 12.1. The average molecular weight is 330 g/mol. The van der Waals surface area contributed by atoms with Crippen LogP contribution in [0.3, 0.4) is 0 Å². The third kappa shape index (κ3) is 4.28. The molecule has 1 aliphatic carbocycles. The van der Waals surface area contributed by atoms with Crippen molar-refractivity contribution in [3.63, 3.8) is 0 Å². The highest BCUT2D eigenvalue weighted by Crippen LogP contribution is 2.39. The molecule has 1 aliphatic rings. The van der Waals surface area contributed by atoms with Gasteiger partial charge in [0, 0.05) is 30.4 Å². The van der Waals surface area contributed by atoms with Crippen LogP contribution >= 0.6 is 23.7 Å². The molecule has 21 heavy (non-hydrogen) atoms. The van der Waals surface area contributed by atoms with Crippen molar-refractivity contribution >= 4 is 23.7 Å². The molecule has 0 aromatic carbocycles. The number of thiophene rings is 1. The summed E-state index contributed by atoms with van der Waals surface area (Å²) in [4.78, 5) is 1.03. The largest absolute Gasteiger partial charge is 0.306 e. The van der Waals surface area contributed by atoms with Crippen LogP contribution in [0.5, 0.6) is 0 Å². The van der Waals surface area contributed by atoms with Crippen LogP contribution in [-0.4, -0.2) is 9.78 Å². The first kappa shape index (κ1) is 16.5. The van der Waals surface area contributed by atoms with Gasteiger partial charge in [0.2, 0.25) is 0 Å². The van der Waals surface area contributed by atoms with E-state index in [0.717, 1.165) is 24.4 Å². The van der Waals surface area contributed by atoms with E-state index in [1.165, 1.54) is 41.6 Å². The van der Waals surface area contributed by atoms with E-state index >= 15 is 0 Å². The first-order valence-corrected chi connectivity index (χ1v) is 8.09. The molecule has 0 amide bonds. The zero-order chi connectivity index (χ0) is 13.9. The molecular formula is C15H21ClFN3S. The second kappa shape index (κ2) is 7.38. The lowest BCUT2D eigenvalue weighted by Gasteiger charge is -2.06.